The zero-order valence-corrected chi connectivity index (χ0v) is 19.2. The number of nitrogens with zero attached hydrogens (tertiary/aromatic N) is 6. The number of aromatic nitrogens is 3. The van der Waals surface area contributed by atoms with Crippen LogP contribution in [0.15, 0.2) is 42.6 Å². The molecule has 1 aliphatic rings. The number of hydrogen-bond donors (Lipinski definition) is 0. The highest BCUT2D eigenvalue weighted by Crippen LogP contribution is 2.27. The molecule has 1 amide bonds. The molecule has 32 heavy (non-hydrogen) atoms. The Morgan fingerprint density at radius 2 is 1.75 bits per heavy atom. The molecule has 7 heteroatoms. The number of amides is 1. The van der Waals surface area contributed by atoms with Crippen LogP contribution in [-0.2, 0) is 0 Å². The topological polar surface area (TPSA) is 78.1 Å². The predicted octanol–water partition coefficient (Wildman–Crippen LogP) is 3.99. The summed E-state index contributed by atoms with van der Waals surface area (Å²) in [5.74, 6) is 0.257. The van der Waals surface area contributed by atoms with Crippen LogP contribution in [0.1, 0.15) is 44.1 Å². The molecule has 3 aromatic rings. The normalized spacial score (nSPS) is 16.0. The number of carbonyl (C=O) groups is 1. The van der Waals surface area contributed by atoms with Crippen molar-refractivity contribution in [1.29, 1.82) is 5.26 Å². The van der Waals surface area contributed by atoms with Gasteiger partial charge in [-0.25, -0.2) is 9.67 Å². The average Bonchev–Trinajstić information content (AvgIpc) is 3.24. The smallest absolute Gasteiger partial charge is 0.254 e. The van der Waals surface area contributed by atoms with Crippen LogP contribution in [0.2, 0.25) is 0 Å². The summed E-state index contributed by atoms with van der Waals surface area (Å²) in [6.45, 7) is 10.9. The number of benzene rings is 1. The predicted molar refractivity (Wildman–Crippen MR) is 125 cm³/mol. The van der Waals surface area contributed by atoms with Crippen LogP contribution >= 0.6 is 0 Å². The highest BCUT2D eigenvalue weighted by Gasteiger charge is 2.29. The lowest BCUT2D eigenvalue weighted by Gasteiger charge is -2.38. The van der Waals surface area contributed by atoms with E-state index < -0.39 is 0 Å². The first kappa shape index (κ1) is 22.0. The van der Waals surface area contributed by atoms with Gasteiger partial charge in [0, 0.05) is 37.8 Å². The van der Waals surface area contributed by atoms with Crippen LogP contribution in [0.3, 0.4) is 0 Å². The van der Waals surface area contributed by atoms with Crippen molar-refractivity contribution in [2.75, 3.05) is 26.2 Å². The largest absolute Gasteiger partial charge is 0.336 e. The molecule has 1 atom stereocenters. The van der Waals surface area contributed by atoms with Crippen LogP contribution < -0.4 is 0 Å². The van der Waals surface area contributed by atoms with E-state index in [2.05, 4.69) is 43.8 Å². The number of carbonyl (C=O) groups excluding carboxylic acids is 1. The highest BCUT2D eigenvalue weighted by molar-refractivity contribution is 6.06. The average molecular weight is 431 g/mol. The Kier molecular flexibility index (Phi) is 6.24. The summed E-state index contributed by atoms with van der Waals surface area (Å²) in [4.78, 5) is 22.6. The van der Waals surface area contributed by atoms with Crippen LogP contribution in [-0.4, -0.2) is 62.7 Å². The summed E-state index contributed by atoms with van der Waals surface area (Å²) in [5, 5.41) is 14.8. The number of nitriles is 1. The fourth-order valence-corrected chi connectivity index (χ4v) is 4.36. The minimum absolute atomic E-state index is 0.00408. The molecule has 1 fully saturated rings. The van der Waals surface area contributed by atoms with Gasteiger partial charge in [-0.1, -0.05) is 44.2 Å². The van der Waals surface area contributed by atoms with Crippen molar-refractivity contribution < 1.29 is 4.79 Å². The van der Waals surface area contributed by atoms with Crippen molar-refractivity contribution >= 4 is 16.9 Å². The molecule has 0 spiro atoms. The SMILES string of the molecule is CC(C)C(C#N)N1CCN(C(=O)c2cc(-c3ccccc3)nc3c2cnn3C(C)C)CC1. The summed E-state index contributed by atoms with van der Waals surface area (Å²) in [7, 11) is 0. The van der Waals surface area contributed by atoms with E-state index in [0.29, 0.717) is 31.7 Å². The molecule has 4 rings (SSSR count). The lowest BCUT2D eigenvalue weighted by molar-refractivity contribution is 0.0578. The van der Waals surface area contributed by atoms with E-state index >= 15 is 0 Å². The van der Waals surface area contributed by atoms with E-state index in [0.717, 1.165) is 22.3 Å². The summed E-state index contributed by atoms with van der Waals surface area (Å²) >= 11 is 0. The van der Waals surface area contributed by atoms with E-state index in [9.17, 15) is 10.1 Å². The monoisotopic (exact) mass is 430 g/mol. The summed E-state index contributed by atoms with van der Waals surface area (Å²) in [6.07, 6.45) is 1.76. The molecule has 0 aliphatic carbocycles. The van der Waals surface area contributed by atoms with Crippen molar-refractivity contribution in [3.63, 3.8) is 0 Å². The Morgan fingerprint density at radius 3 is 2.34 bits per heavy atom. The first-order valence-electron chi connectivity index (χ1n) is 11.3. The van der Waals surface area contributed by atoms with Gasteiger partial charge >= 0.3 is 0 Å². The van der Waals surface area contributed by atoms with Gasteiger partial charge in [-0.3, -0.25) is 9.69 Å². The second-order valence-electron chi connectivity index (χ2n) is 8.99. The molecule has 1 aromatic carbocycles. The molecular weight excluding hydrogens is 400 g/mol. The van der Waals surface area contributed by atoms with Gasteiger partial charge in [-0.2, -0.15) is 10.4 Å². The maximum absolute atomic E-state index is 13.6. The zero-order chi connectivity index (χ0) is 22.8. The molecule has 1 aliphatic heterocycles. The van der Waals surface area contributed by atoms with Gasteiger partial charge in [-0.05, 0) is 25.8 Å². The van der Waals surface area contributed by atoms with Gasteiger partial charge in [0.25, 0.3) is 5.91 Å². The summed E-state index contributed by atoms with van der Waals surface area (Å²) in [5.41, 5.74) is 3.10. The zero-order valence-electron chi connectivity index (χ0n) is 19.2. The van der Waals surface area contributed by atoms with Crippen LogP contribution in [0.4, 0.5) is 0 Å². The number of hydrogen-bond acceptors (Lipinski definition) is 5. The maximum Gasteiger partial charge on any atom is 0.254 e. The Balaban J connectivity index is 1.68. The number of piperazine rings is 1. The third kappa shape index (κ3) is 4.11. The van der Waals surface area contributed by atoms with Crippen molar-refractivity contribution in [1.82, 2.24) is 24.6 Å². The Bertz CT molecular complexity index is 1140. The molecule has 2 aromatic heterocycles. The molecule has 0 saturated carbocycles. The fourth-order valence-electron chi connectivity index (χ4n) is 4.36. The molecular formula is C25H30N6O. The Hall–Kier alpha value is -3.24. The van der Waals surface area contributed by atoms with Crippen molar-refractivity contribution in [2.24, 2.45) is 5.92 Å². The molecule has 1 saturated heterocycles. The molecule has 0 bridgehead atoms. The maximum atomic E-state index is 13.6. The van der Waals surface area contributed by atoms with Gasteiger partial charge in [0.15, 0.2) is 5.65 Å². The number of pyridine rings is 1. The van der Waals surface area contributed by atoms with E-state index in [-0.39, 0.29) is 23.9 Å². The molecule has 3 heterocycles. The Labute approximate surface area is 189 Å². The Morgan fingerprint density at radius 1 is 1.06 bits per heavy atom. The third-order valence-electron chi connectivity index (χ3n) is 6.11. The van der Waals surface area contributed by atoms with Gasteiger partial charge in [0.2, 0.25) is 0 Å². The van der Waals surface area contributed by atoms with Gasteiger partial charge in [-0.15, -0.1) is 0 Å². The van der Waals surface area contributed by atoms with Crippen molar-refractivity contribution in [3.8, 4) is 17.3 Å². The standard InChI is InChI=1S/C25H30N6O/c1-17(2)23(15-26)29-10-12-30(13-11-29)25(32)20-14-22(19-8-6-5-7-9-19)28-24-21(20)16-27-31(24)18(3)4/h5-9,14,16-18,23H,10-13H2,1-4H3. The lowest BCUT2D eigenvalue weighted by atomic mass is 10.0. The molecule has 7 nitrogen and oxygen atoms in total. The molecule has 1 unspecified atom stereocenters. The summed E-state index contributed by atoms with van der Waals surface area (Å²) < 4.78 is 1.87. The van der Waals surface area contributed by atoms with Crippen molar-refractivity contribution in [2.45, 2.75) is 39.8 Å². The van der Waals surface area contributed by atoms with E-state index in [1.165, 1.54) is 0 Å². The fraction of sp³-hybridized carbons (Fsp3) is 0.440. The third-order valence-corrected chi connectivity index (χ3v) is 6.11. The van der Waals surface area contributed by atoms with E-state index in [1.54, 1.807) is 6.20 Å². The second-order valence-corrected chi connectivity index (χ2v) is 8.99. The number of rotatable bonds is 5. The van der Waals surface area contributed by atoms with Crippen LogP contribution in [0.5, 0.6) is 0 Å². The van der Waals surface area contributed by atoms with Crippen LogP contribution in [0, 0.1) is 17.2 Å². The molecule has 0 N–H and O–H groups in total. The van der Waals surface area contributed by atoms with Gasteiger partial charge in [0.1, 0.15) is 6.04 Å². The lowest BCUT2D eigenvalue weighted by Crippen LogP contribution is -2.52. The number of fused-ring (bicyclic) bond motifs is 1. The van der Waals surface area contributed by atoms with Gasteiger partial charge in [0.05, 0.1) is 28.9 Å². The van der Waals surface area contributed by atoms with Gasteiger partial charge < -0.3 is 4.90 Å². The first-order valence-corrected chi connectivity index (χ1v) is 11.3. The minimum atomic E-state index is -0.117. The van der Waals surface area contributed by atoms with E-state index in [1.807, 2.05) is 46.0 Å². The van der Waals surface area contributed by atoms with Crippen LogP contribution in [0.25, 0.3) is 22.3 Å². The van der Waals surface area contributed by atoms with Crippen molar-refractivity contribution in [3.05, 3.63) is 48.2 Å². The van der Waals surface area contributed by atoms with E-state index in [4.69, 9.17) is 4.98 Å². The highest BCUT2D eigenvalue weighted by atomic mass is 16.2. The second kappa shape index (κ2) is 9.09. The molecule has 166 valence electrons. The summed E-state index contributed by atoms with van der Waals surface area (Å²) in [6, 6.07) is 14.3. The quantitative estimate of drug-likeness (QED) is 0.612. The molecule has 0 radical (unpaired) electrons. The minimum Gasteiger partial charge on any atom is -0.336 e. The first-order chi connectivity index (χ1) is 15.4.